The molecule has 2 nitrogen and oxygen atoms in total. The summed E-state index contributed by atoms with van der Waals surface area (Å²) in [6, 6.07) is 8.26. The monoisotopic (exact) mass is 173 g/mol. The second-order valence-corrected chi connectivity index (χ2v) is 3.92. The van der Waals surface area contributed by atoms with Gasteiger partial charge < -0.3 is 5.32 Å². The van der Waals surface area contributed by atoms with Crippen LogP contribution in [0.3, 0.4) is 0 Å². The second kappa shape index (κ2) is 2.13. The topological polar surface area (TPSA) is 29.1 Å². The van der Waals surface area contributed by atoms with E-state index >= 15 is 0 Å². The molecule has 1 amide bonds. The van der Waals surface area contributed by atoms with Gasteiger partial charge in [-0.05, 0) is 24.0 Å². The fraction of sp³-hybridized carbons (Fsp3) is 0.364. The van der Waals surface area contributed by atoms with E-state index in [0.717, 1.165) is 19.4 Å². The highest BCUT2D eigenvalue weighted by Gasteiger charge is 2.51. The third-order valence-corrected chi connectivity index (χ3v) is 3.30. The molecule has 66 valence electrons. The number of carbonyl (C=O) groups is 1. The zero-order valence-electron chi connectivity index (χ0n) is 7.34. The third kappa shape index (κ3) is 0.711. The van der Waals surface area contributed by atoms with Gasteiger partial charge in [0.1, 0.15) is 0 Å². The first kappa shape index (κ1) is 7.13. The van der Waals surface area contributed by atoms with Crippen LogP contribution in [0.4, 0.5) is 0 Å². The van der Waals surface area contributed by atoms with Crippen LogP contribution in [-0.2, 0) is 16.6 Å². The molecular weight excluding hydrogens is 162 g/mol. The molecule has 0 saturated carbocycles. The second-order valence-electron chi connectivity index (χ2n) is 3.92. The zero-order chi connectivity index (χ0) is 8.89. The molecule has 1 aromatic carbocycles. The van der Waals surface area contributed by atoms with E-state index < -0.39 is 0 Å². The lowest BCUT2D eigenvalue weighted by molar-refractivity contribution is -0.124. The molecule has 1 N–H and O–H groups in total. The zero-order valence-corrected chi connectivity index (χ0v) is 7.34. The molecule has 3 rings (SSSR count). The summed E-state index contributed by atoms with van der Waals surface area (Å²) in [5.74, 6) is 0.228. The molecule has 0 bridgehead atoms. The largest absolute Gasteiger partial charge is 0.355 e. The number of rotatable bonds is 0. The fourth-order valence-electron chi connectivity index (χ4n) is 2.55. The molecular formula is C11H11NO. The van der Waals surface area contributed by atoms with Crippen LogP contribution in [0.25, 0.3) is 0 Å². The van der Waals surface area contributed by atoms with E-state index in [1.807, 2.05) is 12.1 Å². The number of hydrogen-bond donors (Lipinski definition) is 1. The van der Waals surface area contributed by atoms with Gasteiger partial charge in [0.2, 0.25) is 5.91 Å². The van der Waals surface area contributed by atoms with Crippen molar-refractivity contribution in [3.8, 4) is 0 Å². The molecule has 1 fully saturated rings. The predicted octanol–water partition coefficient (Wildman–Crippen LogP) is 1.00. The van der Waals surface area contributed by atoms with Gasteiger partial charge in [-0.2, -0.15) is 0 Å². The van der Waals surface area contributed by atoms with Crippen molar-refractivity contribution in [1.29, 1.82) is 0 Å². The molecule has 1 spiro atoms. The summed E-state index contributed by atoms with van der Waals surface area (Å²) >= 11 is 0. The number of amides is 1. The van der Waals surface area contributed by atoms with Gasteiger partial charge >= 0.3 is 0 Å². The maximum Gasteiger partial charge on any atom is 0.231 e. The van der Waals surface area contributed by atoms with Crippen LogP contribution >= 0.6 is 0 Å². The van der Waals surface area contributed by atoms with Crippen LogP contribution in [0.15, 0.2) is 24.3 Å². The highest BCUT2D eigenvalue weighted by atomic mass is 16.2. The van der Waals surface area contributed by atoms with Gasteiger partial charge in [0.15, 0.2) is 0 Å². The Bertz CT molecular complexity index is 385. The van der Waals surface area contributed by atoms with Gasteiger partial charge in [-0.15, -0.1) is 0 Å². The Hall–Kier alpha value is -1.31. The van der Waals surface area contributed by atoms with Crippen LogP contribution in [0.5, 0.6) is 0 Å². The van der Waals surface area contributed by atoms with E-state index in [-0.39, 0.29) is 11.3 Å². The maximum atomic E-state index is 11.6. The molecule has 0 aromatic heterocycles. The molecule has 13 heavy (non-hydrogen) atoms. The molecule has 1 unspecified atom stereocenters. The lowest BCUT2D eigenvalue weighted by Crippen LogP contribution is -2.45. The van der Waals surface area contributed by atoms with Crippen LogP contribution in [0, 0.1) is 0 Å². The number of fused-ring (bicyclic) bond motifs is 2. The van der Waals surface area contributed by atoms with Crippen LogP contribution in [-0.4, -0.2) is 12.5 Å². The molecule has 1 atom stereocenters. The molecule has 1 heterocycles. The van der Waals surface area contributed by atoms with Crippen molar-refractivity contribution in [2.24, 2.45) is 0 Å². The van der Waals surface area contributed by atoms with Gasteiger partial charge in [-0.1, -0.05) is 24.3 Å². The molecule has 1 saturated heterocycles. The van der Waals surface area contributed by atoms with E-state index in [1.54, 1.807) is 0 Å². The lowest BCUT2D eigenvalue weighted by Gasteiger charge is -2.38. The first-order valence-corrected chi connectivity index (χ1v) is 4.70. The van der Waals surface area contributed by atoms with Crippen LogP contribution in [0.1, 0.15) is 17.5 Å². The summed E-state index contributed by atoms with van der Waals surface area (Å²) in [6.45, 7) is 0.840. The van der Waals surface area contributed by atoms with Crippen molar-refractivity contribution in [2.45, 2.75) is 18.3 Å². The van der Waals surface area contributed by atoms with Gasteiger partial charge in [-0.25, -0.2) is 0 Å². The lowest BCUT2D eigenvalue weighted by atomic mass is 9.63. The maximum absolute atomic E-state index is 11.6. The molecule has 1 aliphatic heterocycles. The minimum atomic E-state index is -0.142. The number of nitrogens with one attached hydrogen (secondary N) is 1. The third-order valence-electron chi connectivity index (χ3n) is 3.30. The highest BCUT2D eigenvalue weighted by Crippen LogP contribution is 2.45. The van der Waals surface area contributed by atoms with Gasteiger partial charge in [0.25, 0.3) is 0 Å². The van der Waals surface area contributed by atoms with Crippen molar-refractivity contribution < 1.29 is 4.79 Å². The Morgan fingerprint density at radius 2 is 2.15 bits per heavy atom. The van der Waals surface area contributed by atoms with Crippen molar-refractivity contribution in [2.75, 3.05) is 6.54 Å². The summed E-state index contributed by atoms with van der Waals surface area (Å²) in [7, 11) is 0. The highest BCUT2D eigenvalue weighted by molar-refractivity contribution is 5.93. The summed E-state index contributed by atoms with van der Waals surface area (Å²) < 4.78 is 0. The summed E-state index contributed by atoms with van der Waals surface area (Å²) in [5.41, 5.74) is 2.46. The Morgan fingerprint density at radius 3 is 2.85 bits per heavy atom. The van der Waals surface area contributed by atoms with E-state index in [0.29, 0.717) is 0 Å². The fourth-order valence-corrected chi connectivity index (χ4v) is 2.55. The standard InChI is InChI=1S/C11H11NO/c13-10-11(5-6-12-10)7-8-3-1-2-4-9(8)11/h1-4H,5-7H2,(H,12,13). The van der Waals surface area contributed by atoms with E-state index in [1.165, 1.54) is 11.1 Å². The van der Waals surface area contributed by atoms with Crippen molar-refractivity contribution >= 4 is 5.91 Å². The Balaban J connectivity index is 2.12. The molecule has 1 aliphatic carbocycles. The SMILES string of the molecule is O=C1NCCC12Cc1ccccc12. The normalized spacial score (nSPS) is 29.7. The predicted molar refractivity (Wildman–Crippen MR) is 49.5 cm³/mol. The van der Waals surface area contributed by atoms with Crippen molar-refractivity contribution in [3.63, 3.8) is 0 Å². The number of benzene rings is 1. The van der Waals surface area contributed by atoms with Gasteiger partial charge in [-0.3, -0.25) is 4.79 Å². The quantitative estimate of drug-likeness (QED) is 0.623. The molecule has 1 aromatic rings. The van der Waals surface area contributed by atoms with Crippen LogP contribution in [0.2, 0.25) is 0 Å². The summed E-state index contributed by atoms with van der Waals surface area (Å²) in [5, 5.41) is 2.91. The van der Waals surface area contributed by atoms with Gasteiger partial charge in [0, 0.05) is 6.54 Å². The van der Waals surface area contributed by atoms with E-state index in [2.05, 4.69) is 17.4 Å². The average molecular weight is 173 g/mol. The molecule has 2 heteroatoms. The minimum absolute atomic E-state index is 0.142. The smallest absolute Gasteiger partial charge is 0.231 e. The van der Waals surface area contributed by atoms with E-state index in [9.17, 15) is 4.79 Å². The Labute approximate surface area is 77.0 Å². The van der Waals surface area contributed by atoms with Crippen molar-refractivity contribution in [3.05, 3.63) is 35.4 Å². The van der Waals surface area contributed by atoms with E-state index in [4.69, 9.17) is 0 Å². The summed E-state index contributed by atoms with van der Waals surface area (Å²) in [6.07, 6.45) is 1.91. The number of hydrogen-bond acceptors (Lipinski definition) is 1. The van der Waals surface area contributed by atoms with Gasteiger partial charge in [0.05, 0.1) is 5.41 Å². The minimum Gasteiger partial charge on any atom is -0.355 e. The molecule has 0 radical (unpaired) electrons. The summed E-state index contributed by atoms with van der Waals surface area (Å²) in [4.78, 5) is 11.6. The Morgan fingerprint density at radius 1 is 1.31 bits per heavy atom. The number of carbonyl (C=O) groups excluding carboxylic acids is 1. The van der Waals surface area contributed by atoms with Crippen molar-refractivity contribution in [1.82, 2.24) is 5.32 Å². The van der Waals surface area contributed by atoms with Crippen LogP contribution < -0.4 is 5.32 Å². The molecule has 2 aliphatic rings. The Kier molecular flexibility index (Phi) is 1.17. The first-order valence-electron chi connectivity index (χ1n) is 4.70. The average Bonchev–Trinajstić information content (AvgIpc) is 2.48. The first-order chi connectivity index (χ1) is 6.33.